The van der Waals surface area contributed by atoms with Crippen molar-refractivity contribution < 1.29 is 0 Å². The first-order chi connectivity index (χ1) is 8.08. The maximum Gasteiger partial charge on any atom is 0.190 e. The summed E-state index contributed by atoms with van der Waals surface area (Å²) < 4.78 is 2.51. The van der Waals surface area contributed by atoms with Crippen LogP contribution in [0, 0.1) is 5.41 Å². The van der Waals surface area contributed by atoms with Gasteiger partial charge in [-0.15, -0.1) is 0 Å². The molecule has 1 heterocycles. The van der Waals surface area contributed by atoms with E-state index in [1.165, 1.54) is 18.1 Å². The fraction of sp³-hybridized carbons (Fsp3) is 0.100. The Morgan fingerprint density at radius 1 is 1.53 bits per heavy atom. The van der Waals surface area contributed by atoms with E-state index in [1.807, 2.05) is 25.2 Å². The molecule has 0 fully saturated rings. The van der Waals surface area contributed by atoms with Gasteiger partial charge in [0.2, 0.25) is 0 Å². The van der Waals surface area contributed by atoms with Crippen LogP contribution in [0.1, 0.15) is 5.56 Å². The van der Waals surface area contributed by atoms with E-state index >= 15 is 0 Å². The number of benzene rings is 1. The van der Waals surface area contributed by atoms with Gasteiger partial charge in [-0.2, -0.15) is 5.10 Å². The first kappa shape index (κ1) is 12.1. The third kappa shape index (κ3) is 2.67. The first-order valence-corrected chi connectivity index (χ1v) is 6.34. The molecule has 3 N–H and O–H groups in total. The predicted octanol–water partition coefficient (Wildman–Crippen LogP) is 2.01. The number of nitrogens with two attached hydrogens (primary N) is 1. The predicted molar refractivity (Wildman–Crippen MR) is 70.3 cm³/mol. The number of nitrogens with one attached hydrogen (secondary N) is 1. The van der Waals surface area contributed by atoms with Gasteiger partial charge in [0, 0.05) is 22.0 Å². The molecule has 0 bridgehead atoms. The molecule has 0 spiro atoms. The highest BCUT2D eigenvalue weighted by Crippen LogP contribution is 2.29. The molecular weight excluding hydrogens is 302 g/mol. The number of hydrogen-bond acceptors (Lipinski definition) is 4. The van der Waals surface area contributed by atoms with Crippen LogP contribution in [-0.2, 0) is 7.05 Å². The highest BCUT2D eigenvalue weighted by molar-refractivity contribution is 9.10. The van der Waals surface area contributed by atoms with Crippen molar-refractivity contribution in [2.45, 2.75) is 10.1 Å². The minimum atomic E-state index is 0.0482. The van der Waals surface area contributed by atoms with E-state index in [1.54, 1.807) is 4.68 Å². The molecule has 0 aliphatic heterocycles. The highest BCUT2D eigenvalue weighted by Gasteiger charge is 2.07. The third-order valence-corrected chi connectivity index (χ3v) is 3.81. The lowest BCUT2D eigenvalue weighted by atomic mass is 10.2. The van der Waals surface area contributed by atoms with Gasteiger partial charge in [-0.25, -0.2) is 9.67 Å². The zero-order chi connectivity index (χ0) is 12.4. The van der Waals surface area contributed by atoms with Gasteiger partial charge in [0.15, 0.2) is 5.16 Å². The molecule has 0 aliphatic rings. The van der Waals surface area contributed by atoms with Gasteiger partial charge >= 0.3 is 0 Å². The highest BCUT2D eigenvalue weighted by atomic mass is 79.9. The summed E-state index contributed by atoms with van der Waals surface area (Å²) >= 11 is 4.90. The van der Waals surface area contributed by atoms with Crippen LogP contribution in [0.25, 0.3) is 0 Å². The fourth-order valence-electron chi connectivity index (χ4n) is 1.26. The van der Waals surface area contributed by atoms with Crippen molar-refractivity contribution in [1.29, 1.82) is 5.41 Å². The summed E-state index contributed by atoms with van der Waals surface area (Å²) in [6.45, 7) is 0. The molecule has 88 valence electrons. The van der Waals surface area contributed by atoms with Gasteiger partial charge in [-0.3, -0.25) is 5.41 Å². The van der Waals surface area contributed by atoms with E-state index in [4.69, 9.17) is 11.1 Å². The van der Waals surface area contributed by atoms with Crippen molar-refractivity contribution in [3.63, 3.8) is 0 Å². The molecule has 1 aromatic carbocycles. The van der Waals surface area contributed by atoms with Gasteiger partial charge in [-0.1, -0.05) is 11.8 Å². The summed E-state index contributed by atoms with van der Waals surface area (Å²) in [5.74, 6) is 0.0482. The van der Waals surface area contributed by atoms with E-state index in [-0.39, 0.29) is 5.84 Å². The summed E-state index contributed by atoms with van der Waals surface area (Å²) in [7, 11) is 1.84. The molecule has 0 amide bonds. The van der Waals surface area contributed by atoms with Crippen molar-refractivity contribution in [2.75, 3.05) is 0 Å². The number of nitrogen functional groups attached to an aromatic ring is 1. The molecule has 2 aromatic rings. The second-order valence-corrected chi connectivity index (χ2v) is 5.22. The van der Waals surface area contributed by atoms with Crippen LogP contribution < -0.4 is 5.73 Å². The Balaban J connectivity index is 2.27. The summed E-state index contributed by atoms with van der Waals surface area (Å²) in [4.78, 5) is 5.14. The largest absolute Gasteiger partial charge is 0.384 e. The van der Waals surface area contributed by atoms with E-state index in [0.29, 0.717) is 5.56 Å². The van der Waals surface area contributed by atoms with Crippen LogP contribution in [0.2, 0.25) is 0 Å². The molecule has 0 unspecified atom stereocenters. The van der Waals surface area contributed by atoms with E-state index in [9.17, 15) is 0 Å². The quantitative estimate of drug-likeness (QED) is 0.671. The van der Waals surface area contributed by atoms with Gasteiger partial charge in [0.05, 0.1) is 0 Å². The second-order valence-electron chi connectivity index (χ2n) is 3.32. The summed E-state index contributed by atoms with van der Waals surface area (Å²) in [5, 5.41) is 12.2. The Bertz CT molecular complexity index is 566. The Kier molecular flexibility index (Phi) is 3.49. The Morgan fingerprint density at radius 2 is 2.29 bits per heavy atom. The van der Waals surface area contributed by atoms with Crippen LogP contribution >= 0.6 is 27.7 Å². The lowest BCUT2D eigenvalue weighted by molar-refractivity contribution is 0.685. The number of aryl methyl sites for hydroxylation is 1. The van der Waals surface area contributed by atoms with E-state index in [0.717, 1.165) is 14.5 Å². The second kappa shape index (κ2) is 4.89. The molecule has 0 saturated carbocycles. The van der Waals surface area contributed by atoms with Gasteiger partial charge in [-0.05, 0) is 34.1 Å². The number of hydrogen-bond donors (Lipinski definition) is 2. The fourth-order valence-corrected chi connectivity index (χ4v) is 2.81. The standard InChI is InChI=1S/C10H10BrN5S/c1-16-10(14-5-15-16)17-6-2-3-7(9(12)13)8(11)4-6/h2-5H,1H3,(H3,12,13). The van der Waals surface area contributed by atoms with Crippen molar-refractivity contribution in [3.05, 3.63) is 34.6 Å². The Labute approximate surface area is 111 Å². The maximum atomic E-state index is 7.39. The molecule has 5 nitrogen and oxygen atoms in total. The molecular formula is C10H10BrN5S. The average Bonchev–Trinajstić information content (AvgIpc) is 2.64. The van der Waals surface area contributed by atoms with Crippen LogP contribution in [0.4, 0.5) is 0 Å². The van der Waals surface area contributed by atoms with Crippen molar-refractivity contribution in [1.82, 2.24) is 14.8 Å². The van der Waals surface area contributed by atoms with Crippen molar-refractivity contribution >= 4 is 33.5 Å². The minimum absolute atomic E-state index is 0.0482. The Hall–Kier alpha value is -1.34. The minimum Gasteiger partial charge on any atom is -0.384 e. The number of nitrogens with zero attached hydrogens (tertiary/aromatic N) is 3. The number of halogens is 1. The first-order valence-electron chi connectivity index (χ1n) is 4.73. The van der Waals surface area contributed by atoms with Gasteiger partial charge in [0.25, 0.3) is 0 Å². The topological polar surface area (TPSA) is 80.6 Å². The van der Waals surface area contributed by atoms with Gasteiger partial charge in [0.1, 0.15) is 12.2 Å². The zero-order valence-electron chi connectivity index (χ0n) is 9.01. The SMILES string of the molecule is Cn1ncnc1Sc1ccc(C(=N)N)c(Br)c1. The average molecular weight is 312 g/mol. The summed E-state index contributed by atoms with van der Waals surface area (Å²) in [5.41, 5.74) is 6.13. The number of aromatic nitrogens is 3. The summed E-state index contributed by atoms with van der Waals surface area (Å²) in [6, 6.07) is 5.63. The lowest BCUT2D eigenvalue weighted by Crippen LogP contribution is -2.11. The zero-order valence-corrected chi connectivity index (χ0v) is 11.4. The third-order valence-electron chi connectivity index (χ3n) is 2.11. The molecule has 0 aliphatic carbocycles. The van der Waals surface area contributed by atoms with E-state index in [2.05, 4.69) is 26.0 Å². The lowest BCUT2D eigenvalue weighted by Gasteiger charge is -2.05. The van der Waals surface area contributed by atoms with Crippen LogP contribution in [0.15, 0.2) is 39.1 Å². The summed E-state index contributed by atoms with van der Waals surface area (Å²) in [6.07, 6.45) is 1.52. The number of amidine groups is 1. The normalized spacial score (nSPS) is 10.5. The molecule has 17 heavy (non-hydrogen) atoms. The van der Waals surface area contributed by atoms with Crippen molar-refractivity contribution in [3.8, 4) is 0 Å². The van der Waals surface area contributed by atoms with Crippen LogP contribution in [-0.4, -0.2) is 20.6 Å². The molecule has 0 saturated heterocycles. The molecule has 0 radical (unpaired) electrons. The van der Waals surface area contributed by atoms with E-state index < -0.39 is 0 Å². The maximum absolute atomic E-state index is 7.39. The number of rotatable bonds is 3. The van der Waals surface area contributed by atoms with Crippen molar-refractivity contribution in [2.24, 2.45) is 12.8 Å². The van der Waals surface area contributed by atoms with Crippen LogP contribution in [0.5, 0.6) is 0 Å². The van der Waals surface area contributed by atoms with Crippen LogP contribution in [0.3, 0.4) is 0 Å². The molecule has 1 aromatic heterocycles. The van der Waals surface area contributed by atoms with Gasteiger partial charge < -0.3 is 5.73 Å². The smallest absolute Gasteiger partial charge is 0.190 e. The molecule has 0 atom stereocenters. The molecule has 7 heteroatoms. The monoisotopic (exact) mass is 311 g/mol. The Morgan fingerprint density at radius 3 is 2.82 bits per heavy atom. The molecule has 2 rings (SSSR count).